The Morgan fingerprint density at radius 1 is 1.30 bits per heavy atom. The molecule has 0 saturated carbocycles. The van der Waals surface area contributed by atoms with Crippen LogP contribution in [-0.2, 0) is 19.6 Å². The summed E-state index contributed by atoms with van der Waals surface area (Å²) in [6.07, 6.45) is 4.03. The van der Waals surface area contributed by atoms with E-state index in [1.165, 1.54) is 11.3 Å². The minimum Gasteiger partial charge on any atom is -0.308 e. The lowest BCUT2D eigenvalue weighted by Crippen LogP contribution is -2.34. The lowest BCUT2D eigenvalue weighted by molar-refractivity contribution is 0.424. The Morgan fingerprint density at radius 2 is 2.05 bits per heavy atom. The van der Waals surface area contributed by atoms with Gasteiger partial charge in [-0.2, -0.15) is 10.2 Å². The molecule has 0 aliphatic carbocycles. The summed E-state index contributed by atoms with van der Waals surface area (Å²) in [5, 5.41) is 12.4. The van der Waals surface area contributed by atoms with Crippen LogP contribution in [0.1, 0.15) is 44.6 Å². The molecule has 0 aliphatic heterocycles. The summed E-state index contributed by atoms with van der Waals surface area (Å²) in [5.74, 6) is 0. The minimum absolute atomic E-state index is 0.125. The van der Waals surface area contributed by atoms with E-state index in [1.807, 2.05) is 22.5 Å². The lowest BCUT2D eigenvalue weighted by Gasteiger charge is -2.19. The average Bonchev–Trinajstić information content (AvgIpc) is 2.93. The SMILES string of the molecule is CCn1nc(C)cc1Cn1cc(CNC(C)(C)C)cn1. The van der Waals surface area contributed by atoms with E-state index in [9.17, 15) is 0 Å². The van der Waals surface area contributed by atoms with Gasteiger partial charge in [-0.15, -0.1) is 0 Å². The molecule has 5 nitrogen and oxygen atoms in total. The predicted molar refractivity (Wildman–Crippen MR) is 80.6 cm³/mol. The standard InChI is InChI=1S/C15H25N5/c1-6-20-14(7-12(2)18-20)11-19-10-13(9-17-19)8-16-15(3,4)5/h7,9-10,16H,6,8,11H2,1-5H3. The molecule has 0 atom stereocenters. The van der Waals surface area contributed by atoms with Crippen LogP contribution in [0, 0.1) is 6.92 Å². The highest BCUT2D eigenvalue weighted by Crippen LogP contribution is 2.08. The molecule has 5 heteroatoms. The second-order valence-corrected chi connectivity index (χ2v) is 6.24. The first-order valence-electron chi connectivity index (χ1n) is 7.17. The summed E-state index contributed by atoms with van der Waals surface area (Å²) >= 11 is 0. The Hall–Kier alpha value is -1.62. The molecule has 20 heavy (non-hydrogen) atoms. The van der Waals surface area contributed by atoms with E-state index >= 15 is 0 Å². The first-order chi connectivity index (χ1) is 9.37. The molecule has 0 spiro atoms. The van der Waals surface area contributed by atoms with E-state index in [4.69, 9.17) is 0 Å². The molecule has 0 aromatic carbocycles. The third-order valence-corrected chi connectivity index (χ3v) is 3.12. The predicted octanol–water partition coefficient (Wildman–Crippen LogP) is 2.34. The largest absolute Gasteiger partial charge is 0.308 e. The zero-order chi connectivity index (χ0) is 14.8. The molecular formula is C15H25N5. The molecule has 110 valence electrons. The summed E-state index contributed by atoms with van der Waals surface area (Å²) < 4.78 is 4.01. The van der Waals surface area contributed by atoms with Gasteiger partial charge < -0.3 is 5.32 Å². The quantitative estimate of drug-likeness (QED) is 0.911. The maximum Gasteiger partial charge on any atom is 0.0828 e. The molecule has 2 aromatic heterocycles. The Labute approximate surface area is 121 Å². The van der Waals surface area contributed by atoms with Gasteiger partial charge in [0.25, 0.3) is 0 Å². The molecule has 0 fully saturated rings. The topological polar surface area (TPSA) is 47.7 Å². The van der Waals surface area contributed by atoms with E-state index in [2.05, 4.69) is 55.5 Å². The third-order valence-electron chi connectivity index (χ3n) is 3.12. The Morgan fingerprint density at radius 3 is 2.70 bits per heavy atom. The fourth-order valence-corrected chi connectivity index (χ4v) is 2.12. The highest BCUT2D eigenvalue weighted by molar-refractivity contribution is 5.11. The summed E-state index contributed by atoms with van der Waals surface area (Å²) in [5.41, 5.74) is 3.59. The van der Waals surface area contributed by atoms with E-state index in [0.717, 1.165) is 25.3 Å². The minimum atomic E-state index is 0.125. The van der Waals surface area contributed by atoms with Gasteiger partial charge in [-0.1, -0.05) is 0 Å². The van der Waals surface area contributed by atoms with Crippen molar-refractivity contribution < 1.29 is 0 Å². The van der Waals surface area contributed by atoms with Crippen molar-refractivity contribution in [2.24, 2.45) is 0 Å². The number of hydrogen-bond acceptors (Lipinski definition) is 3. The van der Waals surface area contributed by atoms with Gasteiger partial charge in [0, 0.05) is 30.4 Å². The van der Waals surface area contributed by atoms with E-state index < -0.39 is 0 Å². The maximum absolute atomic E-state index is 4.46. The van der Waals surface area contributed by atoms with Gasteiger partial charge in [-0.3, -0.25) is 9.36 Å². The summed E-state index contributed by atoms with van der Waals surface area (Å²) in [7, 11) is 0. The molecule has 0 aliphatic rings. The lowest BCUT2D eigenvalue weighted by atomic mass is 10.1. The van der Waals surface area contributed by atoms with Crippen LogP contribution in [0.3, 0.4) is 0 Å². The van der Waals surface area contributed by atoms with Gasteiger partial charge in [0.1, 0.15) is 0 Å². The number of rotatable bonds is 5. The first kappa shape index (κ1) is 14.8. The normalized spacial score (nSPS) is 12.1. The monoisotopic (exact) mass is 275 g/mol. The number of aryl methyl sites for hydroxylation is 2. The number of nitrogens with one attached hydrogen (secondary N) is 1. The van der Waals surface area contributed by atoms with Gasteiger partial charge >= 0.3 is 0 Å². The van der Waals surface area contributed by atoms with Crippen molar-refractivity contribution in [2.45, 2.75) is 59.8 Å². The fraction of sp³-hybridized carbons (Fsp3) is 0.600. The summed E-state index contributed by atoms with van der Waals surface area (Å²) in [6.45, 7) is 13.1. The zero-order valence-corrected chi connectivity index (χ0v) is 13.1. The Balaban J connectivity index is 2.02. The number of aromatic nitrogens is 4. The molecule has 0 amide bonds. The molecule has 2 rings (SSSR count). The molecule has 2 heterocycles. The summed E-state index contributed by atoms with van der Waals surface area (Å²) in [6, 6.07) is 2.12. The number of nitrogens with zero attached hydrogens (tertiary/aromatic N) is 4. The van der Waals surface area contributed by atoms with Crippen LogP contribution in [-0.4, -0.2) is 25.1 Å². The number of hydrogen-bond donors (Lipinski definition) is 1. The van der Waals surface area contributed by atoms with Crippen molar-refractivity contribution >= 4 is 0 Å². The second-order valence-electron chi connectivity index (χ2n) is 6.24. The van der Waals surface area contributed by atoms with Crippen molar-refractivity contribution in [1.29, 1.82) is 0 Å². The van der Waals surface area contributed by atoms with Crippen molar-refractivity contribution in [3.63, 3.8) is 0 Å². The molecule has 2 aromatic rings. The van der Waals surface area contributed by atoms with Crippen molar-refractivity contribution in [2.75, 3.05) is 0 Å². The van der Waals surface area contributed by atoms with Crippen LogP contribution in [0.2, 0.25) is 0 Å². The van der Waals surface area contributed by atoms with Crippen LogP contribution >= 0.6 is 0 Å². The molecule has 0 radical (unpaired) electrons. The third kappa shape index (κ3) is 3.93. The molecule has 0 bridgehead atoms. The van der Waals surface area contributed by atoms with Crippen molar-refractivity contribution in [3.8, 4) is 0 Å². The van der Waals surface area contributed by atoms with Gasteiger partial charge in [0.2, 0.25) is 0 Å². The Bertz CT molecular complexity index is 559. The van der Waals surface area contributed by atoms with Gasteiger partial charge in [0.15, 0.2) is 0 Å². The highest BCUT2D eigenvalue weighted by Gasteiger charge is 2.10. The van der Waals surface area contributed by atoms with Crippen LogP contribution in [0.15, 0.2) is 18.5 Å². The second kappa shape index (κ2) is 5.79. The van der Waals surface area contributed by atoms with Gasteiger partial charge in [-0.05, 0) is 40.7 Å². The van der Waals surface area contributed by atoms with E-state index in [0.29, 0.717) is 0 Å². The van der Waals surface area contributed by atoms with Crippen LogP contribution in [0.25, 0.3) is 0 Å². The molecule has 0 saturated heterocycles. The molecule has 1 N–H and O–H groups in total. The van der Waals surface area contributed by atoms with Crippen LogP contribution < -0.4 is 5.32 Å². The first-order valence-corrected chi connectivity index (χ1v) is 7.17. The molecule has 0 unspecified atom stereocenters. The molecular weight excluding hydrogens is 250 g/mol. The zero-order valence-electron chi connectivity index (χ0n) is 13.1. The summed E-state index contributed by atoms with van der Waals surface area (Å²) in [4.78, 5) is 0. The Kier molecular flexibility index (Phi) is 4.28. The van der Waals surface area contributed by atoms with Crippen LogP contribution in [0.4, 0.5) is 0 Å². The van der Waals surface area contributed by atoms with Gasteiger partial charge in [-0.25, -0.2) is 0 Å². The average molecular weight is 275 g/mol. The maximum atomic E-state index is 4.46. The van der Waals surface area contributed by atoms with Crippen LogP contribution in [0.5, 0.6) is 0 Å². The van der Waals surface area contributed by atoms with E-state index in [-0.39, 0.29) is 5.54 Å². The van der Waals surface area contributed by atoms with E-state index in [1.54, 1.807) is 0 Å². The fourth-order valence-electron chi connectivity index (χ4n) is 2.12. The smallest absolute Gasteiger partial charge is 0.0828 e. The van der Waals surface area contributed by atoms with Crippen molar-refractivity contribution in [1.82, 2.24) is 24.9 Å². The van der Waals surface area contributed by atoms with Crippen molar-refractivity contribution in [3.05, 3.63) is 35.4 Å². The highest BCUT2D eigenvalue weighted by atomic mass is 15.3. The van der Waals surface area contributed by atoms with Gasteiger partial charge in [0.05, 0.1) is 24.1 Å².